The molecule has 0 saturated heterocycles. The van der Waals surface area contributed by atoms with Crippen LogP contribution >= 0.6 is 11.6 Å². The van der Waals surface area contributed by atoms with E-state index < -0.39 is 17.5 Å². The molecule has 112 valence electrons. The molecule has 0 radical (unpaired) electrons. The third-order valence-corrected chi connectivity index (χ3v) is 3.48. The van der Waals surface area contributed by atoms with Crippen LogP contribution < -0.4 is 4.74 Å². The van der Waals surface area contributed by atoms with Gasteiger partial charge in [-0.2, -0.15) is 0 Å². The first-order valence-electron chi connectivity index (χ1n) is 6.33. The Bertz CT molecular complexity index is 883. The highest BCUT2D eigenvalue weighted by Crippen LogP contribution is 2.33. The molecule has 0 aliphatic heterocycles. The van der Waals surface area contributed by atoms with E-state index in [9.17, 15) is 13.2 Å². The maximum Gasteiger partial charge on any atom is 0.194 e. The smallest absolute Gasteiger partial charge is 0.194 e. The zero-order valence-corrected chi connectivity index (χ0v) is 12.1. The van der Waals surface area contributed by atoms with Gasteiger partial charge < -0.3 is 4.74 Å². The van der Waals surface area contributed by atoms with Crippen LogP contribution in [-0.2, 0) is 0 Å². The first-order valence-corrected chi connectivity index (χ1v) is 6.71. The number of nitrogens with zero attached hydrogens (tertiary/aromatic N) is 1. The van der Waals surface area contributed by atoms with Crippen molar-refractivity contribution in [1.82, 2.24) is 4.98 Å². The summed E-state index contributed by atoms with van der Waals surface area (Å²) >= 11 is 5.89. The summed E-state index contributed by atoms with van der Waals surface area (Å²) in [5.41, 5.74) is 0.462. The summed E-state index contributed by atoms with van der Waals surface area (Å²) in [5, 5.41) is 1.13. The molecule has 1 heterocycles. The molecular formula is C16H9ClF3NO. The summed E-state index contributed by atoms with van der Waals surface area (Å²) in [6.45, 7) is 1.31. The number of fused-ring (bicyclic) bond motifs is 1. The van der Waals surface area contributed by atoms with Crippen LogP contribution in [0.15, 0.2) is 36.5 Å². The quantitative estimate of drug-likeness (QED) is 0.589. The van der Waals surface area contributed by atoms with Gasteiger partial charge in [0.05, 0.1) is 5.52 Å². The molecule has 0 bridgehead atoms. The zero-order valence-electron chi connectivity index (χ0n) is 11.3. The second-order valence-electron chi connectivity index (χ2n) is 4.68. The molecule has 0 spiro atoms. The monoisotopic (exact) mass is 323 g/mol. The van der Waals surface area contributed by atoms with Crippen molar-refractivity contribution in [1.29, 1.82) is 0 Å². The van der Waals surface area contributed by atoms with E-state index in [0.717, 1.165) is 6.07 Å². The van der Waals surface area contributed by atoms with E-state index in [1.807, 2.05) is 0 Å². The standard InChI is InChI=1S/C16H9ClF3NO/c1-8-14(7-11(18)16(20)15(8)19)22-13-4-5-21-12-6-9(17)2-3-10(12)13/h2-7H,1H3. The molecule has 6 heteroatoms. The fourth-order valence-electron chi connectivity index (χ4n) is 2.07. The maximum atomic E-state index is 13.6. The van der Waals surface area contributed by atoms with E-state index in [2.05, 4.69) is 4.98 Å². The van der Waals surface area contributed by atoms with Gasteiger partial charge >= 0.3 is 0 Å². The van der Waals surface area contributed by atoms with Crippen molar-refractivity contribution in [3.63, 3.8) is 0 Å². The largest absolute Gasteiger partial charge is 0.456 e. The van der Waals surface area contributed by atoms with Crippen LogP contribution in [0.5, 0.6) is 11.5 Å². The van der Waals surface area contributed by atoms with Crippen LogP contribution in [-0.4, -0.2) is 4.98 Å². The summed E-state index contributed by atoms with van der Waals surface area (Å²) in [7, 11) is 0. The minimum Gasteiger partial charge on any atom is -0.456 e. The summed E-state index contributed by atoms with van der Waals surface area (Å²) in [6, 6.07) is 7.34. The Kier molecular flexibility index (Phi) is 3.66. The minimum atomic E-state index is -1.52. The SMILES string of the molecule is Cc1c(Oc2ccnc3cc(Cl)ccc23)cc(F)c(F)c1F. The molecule has 3 rings (SSSR count). The van der Waals surface area contributed by atoms with Crippen molar-refractivity contribution in [2.24, 2.45) is 0 Å². The lowest BCUT2D eigenvalue weighted by Gasteiger charge is -2.12. The number of benzene rings is 2. The fraction of sp³-hybridized carbons (Fsp3) is 0.0625. The molecular weight excluding hydrogens is 315 g/mol. The van der Waals surface area contributed by atoms with Crippen LogP contribution in [0.3, 0.4) is 0 Å². The first-order chi connectivity index (χ1) is 10.5. The number of rotatable bonds is 2. The van der Waals surface area contributed by atoms with E-state index in [0.29, 0.717) is 21.7 Å². The van der Waals surface area contributed by atoms with Gasteiger partial charge in [0.2, 0.25) is 0 Å². The maximum absolute atomic E-state index is 13.6. The Labute approximate surface area is 129 Å². The second kappa shape index (κ2) is 5.50. The molecule has 2 nitrogen and oxygen atoms in total. The van der Waals surface area contributed by atoms with E-state index in [4.69, 9.17) is 16.3 Å². The third kappa shape index (κ3) is 2.48. The topological polar surface area (TPSA) is 22.1 Å². The van der Waals surface area contributed by atoms with Gasteiger partial charge in [-0.25, -0.2) is 13.2 Å². The Balaban J connectivity index is 2.11. The van der Waals surface area contributed by atoms with E-state index in [1.54, 1.807) is 24.3 Å². The highest BCUT2D eigenvalue weighted by molar-refractivity contribution is 6.31. The number of hydrogen-bond acceptors (Lipinski definition) is 2. The number of hydrogen-bond donors (Lipinski definition) is 0. The molecule has 0 atom stereocenters. The second-order valence-corrected chi connectivity index (χ2v) is 5.12. The predicted octanol–water partition coefficient (Wildman–Crippen LogP) is 5.41. The molecule has 0 saturated carbocycles. The summed E-state index contributed by atoms with van der Waals surface area (Å²) in [6.07, 6.45) is 1.49. The van der Waals surface area contributed by atoms with E-state index in [-0.39, 0.29) is 11.3 Å². The van der Waals surface area contributed by atoms with Crippen molar-refractivity contribution < 1.29 is 17.9 Å². The van der Waals surface area contributed by atoms with Gasteiger partial charge in [-0.3, -0.25) is 4.98 Å². The average Bonchev–Trinajstić information content (AvgIpc) is 2.50. The lowest BCUT2D eigenvalue weighted by Crippen LogP contribution is -1.98. The molecule has 0 unspecified atom stereocenters. The number of halogens is 4. The van der Waals surface area contributed by atoms with E-state index >= 15 is 0 Å². The minimum absolute atomic E-state index is 0.0983. The van der Waals surface area contributed by atoms with Crippen molar-refractivity contribution in [2.75, 3.05) is 0 Å². The molecule has 0 amide bonds. The van der Waals surface area contributed by atoms with Crippen molar-refractivity contribution in [3.05, 3.63) is 64.6 Å². The van der Waals surface area contributed by atoms with Gasteiger partial charge in [-0.05, 0) is 31.2 Å². The normalized spacial score (nSPS) is 11.0. The van der Waals surface area contributed by atoms with Gasteiger partial charge in [-0.1, -0.05) is 11.6 Å². The number of pyridine rings is 1. The third-order valence-electron chi connectivity index (χ3n) is 3.24. The van der Waals surface area contributed by atoms with Crippen LogP contribution in [0.1, 0.15) is 5.56 Å². The Morgan fingerprint density at radius 3 is 2.55 bits per heavy atom. The van der Waals surface area contributed by atoms with Gasteiger partial charge in [0, 0.05) is 28.2 Å². The lowest BCUT2D eigenvalue weighted by molar-refractivity contribution is 0.419. The Hall–Kier alpha value is -2.27. The van der Waals surface area contributed by atoms with Crippen molar-refractivity contribution in [2.45, 2.75) is 6.92 Å². The van der Waals surface area contributed by atoms with Gasteiger partial charge in [0.1, 0.15) is 11.5 Å². The molecule has 22 heavy (non-hydrogen) atoms. The molecule has 0 fully saturated rings. The molecule has 0 N–H and O–H groups in total. The molecule has 3 aromatic rings. The van der Waals surface area contributed by atoms with Crippen molar-refractivity contribution >= 4 is 22.5 Å². The first kappa shape index (κ1) is 14.7. The van der Waals surface area contributed by atoms with Crippen molar-refractivity contribution in [3.8, 4) is 11.5 Å². The molecule has 1 aromatic heterocycles. The van der Waals surface area contributed by atoms with Crippen LogP contribution in [0.25, 0.3) is 10.9 Å². The number of aromatic nitrogens is 1. The summed E-state index contributed by atoms with van der Waals surface area (Å²) in [5.74, 6) is -3.85. The Morgan fingerprint density at radius 2 is 1.77 bits per heavy atom. The van der Waals surface area contributed by atoms with Gasteiger partial charge in [0.25, 0.3) is 0 Å². The highest BCUT2D eigenvalue weighted by Gasteiger charge is 2.17. The molecule has 0 aliphatic rings. The predicted molar refractivity (Wildman–Crippen MR) is 77.9 cm³/mol. The summed E-state index contributed by atoms with van der Waals surface area (Å²) < 4.78 is 45.7. The van der Waals surface area contributed by atoms with Crippen LogP contribution in [0.2, 0.25) is 5.02 Å². The van der Waals surface area contributed by atoms with Gasteiger partial charge in [-0.15, -0.1) is 0 Å². The zero-order chi connectivity index (χ0) is 15.9. The molecule has 2 aromatic carbocycles. The number of ether oxygens (including phenoxy) is 1. The van der Waals surface area contributed by atoms with Crippen LogP contribution in [0.4, 0.5) is 13.2 Å². The lowest BCUT2D eigenvalue weighted by atomic mass is 10.2. The Morgan fingerprint density at radius 1 is 1.00 bits per heavy atom. The van der Waals surface area contributed by atoms with Crippen LogP contribution in [0, 0.1) is 24.4 Å². The summed E-state index contributed by atoms with van der Waals surface area (Å²) in [4.78, 5) is 4.14. The fourth-order valence-corrected chi connectivity index (χ4v) is 2.24. The van der Waals surface area contributed by atoms with E-state index in [1.165, 1.54) is 13.1 Å². The molecule has 0 aliphatic carbocycles. The van der Waals surface area contributed by atoms with Gasteiger partial charge in [0.15, 0.2) is 17.5 Å². The highest BCUT2D eigenvalue weighted by atomic mass is 35.5. The average molecular weight is 324 g/mol.